The minimum atomic E-state index is -0.609. The van der Waals surface area contributed by atoms with Gasteiger partial charge in [-0.3, -0.25) is 4.79 Å². The summed E-state index contributed by atoms with van der Waals surface area (Å²) in [6, 6.07) is 25.8. The number of primary amides is 1. The normalized spacial score (nSPS) is 14.9. The van der Waals surface area contributed by atoms with Crippen LogP contribution in [0.3, 0.4) is 0 Å². The van der Waals surface area contributed by atoms with Crippen molar-refractivity contribution in [2.75, 3.05) is 18.0 Å². The van der Waals surface area contributed by atoms with E-state index in [4.69, 9.17) is 5.73 Å². The van der Waals surface area contributed by atoms with Crippen molar-refractivity contribution in [3.05, 3.63) is 101 Å². The quantitative estimate of drug-likeness (QED) is 0.670. The van der Waals surface area contributed by atoms with E-state index in [1.54, 1.807) is 12.1 Å². The SMILES string of the molecule is NC(=O)c1ccc(N2CCC(C(c3ccccc3)c3ccccc3)CC2)c(F)c1. The summed E-state index contributed by atoms with van der Waals surface area (Å²) >= 11 is 0. The monoisotopic (exact) mass is 388 g/mol. The van der Waals surface area contributed by atoms with E-state index >= 15 is 0 Å². The predicted molar refractivity (Wildman–Crippen MR) is 115 cm³/mol. The lowest BCUT2D eigenvalue weighted by atomic mass is 9.76. The lowest BCUT2D eigenvalue weighted by Gasteiger charge is -2.38. The highest BCUT2D eigenvalue weighted by Crippen LogP contribution is 2.39. The van der Waals surface area contributed by atoms with Crippen LogP contribution in [-0.4, -0.2) is 19.0 Å². The van der Waals surface area contributed by atoms with Crippen LogP contribution in [0.1, 0.15) is 40.2 Å². The molecular formula is C25H25FN2O. The molecule has 0 saturated carbocycles. The molecule has 0 unspecified atom stereocenters. The Balaban J connectivity index is 1.54. The van der Waals surface area contributed by atoms with Crippen LogP contribution in [0.4, 0.5) is 10.1 Å². The van der Waals surface area contributed by atoms with Crippen molar-refractivity contribution in [1.29, 1.82) is 0 Å². The summed E-state index contributed by atoms with van der Waals surface area (Å²) < 4.78 is 14.5. The number of piperidine rings is 1. The van der Waals surface area contributed by atoms with E-state index in [-0.39, 0.29) is 11.4 Å². The van der Waals surface area contributed by atoms with Gasteiger partial charge in [0.2, 0.25) is 5.91 Å². The van der Waals surface area contributed by atoms with Gasteiger partial charge in [0.1, 0.15) is 5.82 Å². The number of halogens is 1. The van der Waals surface area contributed by atoms with Crippen LogP contribution in [0.2, 0.25) is 0 Å². The van der Waals surface area contributed by atoms with E-state index in [0.29, 0.717) is 17.5 Å². The smallest absolute Gasteiger partial charge is 0.248 e. The molecule has 1 saturated heterocycles. The first-order valence-corrected chi connectivity index (χ1v) is 10.1. The number of carbonyl (C=O) groups excluding carboxylic acids is 1. The second-order valence-electron chi connectivity index (χ2n) is 7.65. The fourth-order valence-corrected chi connectivity index (χ4v) is 4.45. The van der Waals surface area contributed by atoms with E-state index in [0.717, 1.165) is 25.9 Å². The molecule has 148 valence electrons. The summed E-state index contributed by atoms with van der Waals surface area (Å²) in [7, 11) is 0. The topological polar surface area (TPSA) is 46.3 Å². The number of hydrogen-bond donors (Lipinski definition) is 1. The van der Waals surface area contributed by atoms with Gasteiger partial charge >= 0.3 is 0 Å². The Labute approximate surface area is 171 Å². The van der Waals surface area contributed by atoms with Gasteiger partial charge in [0.05, 0.1) is 5.69 Å². The molecule has 4 heteroatoms. The van der Waals surface area contributed by atoms with Crippen LogP contribution in [0.25, 0.3) is 0 Å². The molecule has 1 heterocycles. The standard InChI is InChI=1S/C25H25FN2O/c26-22-17-21(25(27)29)11-12-23(22)28-15-13-20(14-16-28)24(18-7-3-1-4-8-18)19-9-5-2-6-10-19/h1-12,17,20,24H,13-16H2,(H2,27,29). The number of nitrogens with zero attached hydrogens (tertiary/aromatic N) is 1. The van der Waals surface area contributed by atoms with Crippen molar-refractivity contribution >= 4 is 11.6 Å². The molecule has 0 atom stereocenters. The van der Waals surface area contributed by atoms with E-state index in [1.807, 2.05) is 12.1 Å². The number of benzene rings is 3. The average Bonchev–Trinajstić information content (AvgIpc) is 2.76. The Morgan fingerprint density at radius 3 is 1.93 bits per heavy atom. The van der Waals surface area contributed by atoms with Gasteiger partial charge in [-0.1, -0.05) is 60.7 Å². The Kier molecular flexibility index (Phi) is 5.61. The van der Waals surface area contributed by atoms with E-state index in [2.05, 4.69) is 53.4 Å². The van der Waals surface area contributed by atoms with Crippen molar-refractivity contribution in [2.45, 2.75) is 18.8 Å². The van der Waals surface area contributed by atoms with Crippen molar-refractivity contribution < 1.29 is 9.18 Å². The summed E-state index contributed by atoms with van der Waals surface area (Å²) in [6.07, 6.45) is 1.96. The third-order valence-corrected chi connectivity index (χ3v) is 5.90. The van der Waals surface area contributed by atoms with Crippen LogP contribution < -0.4 is 10.6 Å². The van der Waals surface area contributed by atoms with Crippen molar-refractivity contribution in [1.82, 2.24) is 0 Å². The van der Waals surface area contributed by atoms with Gasteiger partial charge in [-0.15, -0.1) is 0 Å². The van der Waals surface area contributed by atoms with Crippen molar-refractivity contribution in [3.63, 3.8) is 0 Å². The second kappa shape index (κ2) is 8.48. The van der Waals surface area contributed by atoms with E-state index in [1.165, 1.54) is 17.2 Å². The minimum absolute atomic E-state index is 0.203. The number of carbonyl (C=O) groups is 1. The molecule has 3 aromatic rings. The molecule has 1 aliphatic rings. The summed E-state index contributed by atoms with van der Waals surface area (Å²) in [6.45, 7) is 1.57. The minimum Gasteiger partial charge on any atom is -0.369 e. The first-order valence-electron chi connectivity index (χ1n) is 10.1. The van der Waals surface area contributed by atoms with Crippen LogP contribution >= 0.6 is 0 Å². The maximum atomic E-state index is 14.5. The molecule has 0 spiro atoms. The summed E-state index contributed by atoms with van der Waals surface area (Å²) in [5, 5.41) is 0. The summed E-state index contributed by atoms with van der Waals surface area (Å²) in [4.78, 5) is 13.3. The zero-order valence-electron chi connectivity index (χ0n) is 16.3. The fourth-order valence-electron chi connectivity index (χ4n) is 4.45. The highest BCUT2D eigenvalue weighted by Gasteiger charge is 2.29. The maximum absolute atomic E-state index is 14.5. The Morgan fingerprint density at radius 2 is 1.45 bits per heavy atom. The van der Waals surface area contributed by atoms with Crippen molar-refractivity contribution in [2.24, 2.45) is 11.7 Å². The van der Waals surface area contributed by atoms with Crippen LogP contribution in [-0.2, 0) is 0 Å². The Hall–Kier alpha value is -3.14. The molecule has 4 rings (SSSR count). The number of hydrogen-bond acceptors (Lipinski definition) is 2. The number of nitrogens with two attached hydrogens (primary N) is 1. The highest BCUT2D eigenvalue weighted by molar-refractivity contribution is 5.93. The molecule has 0 bridgehead atoms. The van der Waals surface area contributed by atoms with Gasteiger partial charge in [0, 0.05) is 24.6 Å². The van der Waals surface area contributed by atoms with Crippen molar-refractivity contribution in [3.8, 4) is 0 Å². The molecule has 0 aromatic heterocycles. The highest BCUT2D eigenvalue weighted by atomic mass is 19.1. The molecule has 29 heavy (non-hydrogen) atoms. The van der Waals surface area contributed by atoms with Crippen LogP contribution in [0.15, 0.2) is 78.9 Å². The molecule has 1 aliphatic heterocycles. The van der Waals surface area contributed by atoms with Gasteiger partial charge in [0.15, 0.2) is 0 Å². The summed E-state index contributed by atoms with van der Waals surface area (Å²) in [5.74, 6) is -0.171. The molecule has 0 radical (unpaired) electrons. The van der Waals surface area contributed by atoms with Gasteiger partial charge in [0.25, 0.3) is 0 Å². The molecule has 1 fully saturated rings. The predicted octanol–water partition coefficient (Wildman–Crippen LogP) is 4.97. The van der Waals surface area contributed by atoms with E-state index < -0.39 is 5.91 Å². The van der Waals surface area contributed by atoms with Crippen LogP contribution in [0.5, 0.6) is 0 Å². The number of anilines is 1. The molecule has 1 amide bonds. The third kappa shape index (κ3) is 4.16. The lowest BCUT2D eigenvalue weighted by molar-refractivity contribution is 0.1000. The Morgan fingerprint density at radius 1 is 0.897 bits per heavy atom. The molecule has 2 N–H and O–H groups in total. The van der Waals surface area contributed by atoms with Gasteiger partial charge in [-0.05, 0) is 48.1 Å². The number of amides is 1. The fraction of sp³-hybridized carbons (Fsp3) is 0.240. The van der Waals surface area contributed by atoms with Gasteiger partial charge in [-0.25, -0.2) is 4.39 Å². The first-order chi connectivity index (χ1) is 14.1. The number of rotatable bonds is 5. The third-order valence-electron chi connectivity index (χ3n) is 5.90. The molecule has 3 aromatic carbocycles. The zero-order chi connectivity index (χ0) is 20.2. The van der Waals surface area contributed by atoms with Gasteiger partial charge in [-0.2, -0.15) is 0 Å². The lowest BCUT2D eigenvalue weighted by Crippen LogP contribution is -2.36. The first kappa shape index (κ1) is 19.2. The van der Waals surface area contributed by atoms with Gasteiger partial charge < -0.3 is 10.6 Å². The molecular weight excluding hydrogens is 363 g/mol. The average molecular weight is 388 g/mol. The largest absolute Gasteiger partial charge is 0.369 e. The zero-order valence-corrected chi connectivity index (χ0v) is 16.3. The molecule has 3 nitrogen and oxygen atoms in total. The maximum Gasteiger partial charge on any atom is 0.248 e. The second-order valence-corrected chi connectivity index (χ2v) is 7.65. The van der Waals surface area contributed by atoms with E-state index in [9.17, 15) is 9.18 Å². The van der Waals surface area contributed by atoms with Crippen LogP contribution in [0, 0.1) is 11.7 Å². The Bertz CT molecular complexity index is 927. The summed E-state index contributed by atoms with van der Waals surface area (Å²) in [5.41, 5.74) is 8.66. The molecule has 0 aliphatic carbocycles.